The van der Waals surface area contributed by atoms with Crippen LogP contribution in [-0.2, 0) is 0 Å². The number of hydrogen-bond acceptors (Lipinski definition) is 2. The summed E-state index contributed by atoms with van der Waals surface area (Å²) >= 11 is 6.53. The highest BCUT2D eigenvalue weighted by Gasteiger charge is 2.16. The number of halogens is 2. The molecular formula is C17H18ClFO2. The lowest BCUT2D eigenvalue weighted by molar-refractivity contribution is 0.354. The molecule has 0 saturated carbocycles. The summed E-state index contributed by atoms with van der Waals surface area (Å²) in [4.78, 5) is 0. The highest BCUT2D eigenvalue weighted by molar-refractivity contribution is 6.22. The van der Waals surface area contributed by atoms with E-state index in [2.05, 4.69) is 0 Å². The Bertz CT molecular complexity index is 632. The first-order chi connectivity index (χ1) is 9.97. The van der Waals surface area contributed by atoms with Crippen molar-refractivity contribution in [2.24, 2.45) is 0 Å². The number of hydrogen-bond donors (Lipinski definition) is 0. The molecule has 2 aromatic rings. The van der Waals surface area contributed by atoms with Crippen LogP contribution in [0.25, 0.3) is 0 Å². The summed E-state index contributed by atoms with van der Waals surface area (Å²) in [6.07, 6.45) is 0. The third-order valence-electron chi connectivity index (χ3n) is 3.45. The molecule has 0 spiro atoms. The van der Waals surface area contributed by atoms with Crippen LogP contribution in [0.1, 0.15) is 27.6 Å². The second kappa shape index (κ2) is 6.35. The van der Waals surface area contributed by atoms with E-state index in [1.807, 2.05) is 18.2 Å². The number of ether oxygens (including phenoxy) is 2. The summed E-state index contributed by atoms with van der Waals surface area (Å²) in [6, 6.07) is 9.08. The van der Waals surface area contributed by atoms with Gasteiger partial charge in [-0.25, -0.2) is 4.39 Å². The molecule has 2 rings (SSSR count). The van der Waals surface area contributed by atoms with E-state index >= 15 is 0 Å². The largest absolute Gasteiger partial charge is 0.493 e. The fourth-order valence-electron chi connectivity index (χ4n) is 2.33. The van der Waals surface area contributed by atoms with E-state index in [9.17, 15) is 4.39 Å². The van der Waals surface area contributed by atoms with Crippen molar-refractivity contribution < 1.29 is 13.9 Å². The lowest BCUT2D eigenvalue weighted by Crippen LogP contribution is -1.99. The van der Waals surface area contributed by atoms with Gasteiger partial charge in [-0.05, 0) is 48.2 Å². The smallest absolute Gasteiger partial charge is 0.161 e. The predicted octanol–water partition coefficient (Wildman–Crippen LogP) is 4.79. The summed E-state index contributed by atoms with van der Waals surface area (Å²) in [7, 11) is 3.17. The first kappa shape index (κ1) is 15.6. The predicted molar refractivity (Wildman–Crippen MR) is 83.1 cm³/mol. The summed E-state index contributed by atoms with van der Waals surface area (Å²) in [6.45, 7) is 3.48. The van der Waals surface area contributed by atoms with Gasteiger partial charge in [0.1, 0.15) is 5.82 Å². The van der Waals surface area contributed by atoms with Crippen LogP contribution < -0.4 is 9.47 Å². The number of alkyl halides is 1. The minimum absolute atomic E-state index is 0.185. The zero-order chi connectivity index (χ0) is 15.6. The molecular weight excluding hydrogens is 291 g/mol. The van der Waals surface area contributed by atoms with E-state index in [-0.39, 0.29) is 11.2 Å². The second-order valence-corrected chi connectivity index (χ2v) is 5.38. The van der Waals surface area contributed by atoms with Crippen molar-refractivity contribution >= 4 is 11.6 Å². The topological polar surface area (TPSA) is 18.5 Å². The molecule has 1 atom stereocenters. The van der Waals surface area contributed by atoms with Gasteiger partial charge < -0.3 is 9.47 Å². The highest BCUT2D eigenvalue weighted by atomic mass is 35.5. The maximum Gasteiger partial charge on any atom is 0.161 e. The van der Waals surface area contributed by atoms with E-state index in [0.717, 1.165) is 11.1 Å². The molecule has 0 radical (unpaired) electrons. The molecule has 4 heteroatoms. The molecule has 0 aliphatic carbocycles. The third-order valence-corrected chi connectivity index (χ3v) is 3.96. The van der Waals surface area contributed by atoms with Gasteiger partial charge in [-0.1, -0.05) is 18.2 Å². The molecule has 0 amide bonds. The standard InChI is InChI=1S/C17H18ClFO2/c1-10-7-13(8-11(2)17(10)19)16(18)12-5-6-14(20-3)15(9-12)21-4/h5-9,16H,1-4H3. The Morgan fingerprint density at radius 3 is 2.00 bits per heavy atom. The molecule has 0 aliphatic rings. The first-order valence-corrected chi connectivity index (χ1v) is 7.04. The minimum Gasteiger partial charge on any atom is -0.493 e. The van der Waals surface area contributed by atoms with Crippen LogP contribution >= 0.6 is 11.6 Å². The van der Waals surface area contributed by atoms with Crippen LogP contribution in [-0.4, -0.2) is 14.2 Å². The zero-order valence-corrected chi connectivity index (χ0v) is 13.3. The van der Waals surface area contributed by atoms with Crippen molar-refractivity contribution in [3.63, 3.8) is 0 Å². The van der Waals surface area contributed by atoms with Gasteiger partial charge >= 0.3 is 0 Å². The van der Waals surface area contributed by atoms with Gasteiger partial charge in [-0.15, -0.1) is 11.6 Å². The van der Waals surface area contributed by atoms with Crippen molar-refractivity contribution in [1.82, 2.24) is 0 Å². The van der Waals surface area contributed by atoms with Crippen molar-refractivity contribution in [3.8, 4) is 11.5 Å². The molecule has 0 aromatic heterocycles. The highest BCUT2D eigenvalue weighted by Crippen LogP contribution is 2.36. The Balaban J connectivity index is 2.42. The van der Waals surface area contributed by atoms with Crippen molar-refractivity contribution in [1.29, 1.82) is 0 Å². The molecule has 0 heterocycles. The number of aryl methyl sites for hydroxylation is 2. The van der Waals surface area contributed by atoms with E-state index in [1.165, 1.54) is 0 Å². The fourth-order valence-corrected chi connectivity index (χ4v) is 2.59. The quantitative estimate of drug-likeness (QED) is 0.756. The lowest BCUT2D eigenvalue weighted by atomic mass is 9.99. The number of rotatable bonds is 4. The molecule has 0 fully saturated rings. The van der Waals surface area contributed by atoms with Crippen LogP contribution in [0.3, 0.4) is 0 Å². The molecule has 2 aromatic carbocycles. The second-order valence-electron chi connectivity index (χ2n) is 4.95. The van der Waals surface area contributed by atoms with Crippen LogP contribution in [0.4, 0.5) is 4.39 Å². The van der Waals surface area contributed by atoms with Gasteiger partial charge in [0.25, 0.3) is 0 Å². The van der Waals surface area contributed by atoms with Gasteiger partial charge in [-0.2, -0.15) is 0 Å². The molecule has 0 N–H and O–H groups in total. The molecule has 21 heavy (non-hydrogen) atoms. The normalized spacial score (nSPS) is 12.1. The van der Waals surface area contributed by atoms with E-state index in [1.54, 1.807) is 40.2 Å². The average Bonchev–Trinajstić information content (AvgIpc) is 2.50. The van der Waals surface area contributed by atoms with Gasteiger partial charge in [0.05, 0.1) is 19.6 Å². The molecule has 0 saturated heterocycles. The fraction of sp³-hybridized carbons (Fsp3) is 0.294. The van der Waals surface area contributed by atoms with E-state index < -0.39 is 0 Å². The Morgan fingerprint density at radius 2 is 1.48 bits per heavy atom. The van der Waals surface area contributed by atoms with E-state index in [4.69, 9.17) is 21.1 Å². The molecule has 2 nitrogen and oxygen atoms in total. The van der Waals surface area contributed by atoms with Gasteiger partial charge in [-0.3, -0.25) is 0 Å². The van der Waals surface area contributed by atoms with Gasteiger partial charge in [0.2, 0.25) is 0 Å². The maximum absolute atomic E-state index is 13.7. The molecule has 0 bridgehead atoms. The number of benzene rings is 2. The third kappa shape index (κ3) is 3.13. The Morgan fingerprint density at radius 1 is 0.905 bits per heavy atom. The average molecular weight is 309 g/mol. The van der Waals surface area contributed by atoms with Crippen molar-refractivity contribution in [2.75, 3.05) is 14.2 Å². The Hall–Kier alpha value is -1.74. The summed E-state index contributed by atoms with van der Waals surface area (Å²) < 4.78 is 24.2. The number of methoxy groups -OCH3 is 2. The van der Waals surface area contributed by atoms with Gasteiger partial charge in [0, 0.05) is 0 Å². The lowest BCUT2D eigenvalue weighted by Gasteiger charge is -2.15. The SMILES string of the molecule is COc1ccc(C(Cl)c2cc(C)c(F)c(C)c2)cc1OC. The van der Waals surface area contributed by atoms with Crippen LogP contribution in [0, 0.1) is 19.7 Å². The van der Waals surface area contributed by atoms with Crippen LogP contribution in [0.2, 0.25) is 0 Å². The van der Waals surface area contributed by atoms with Gasteiger partial charge in [0.15, 0.2) is 11.5 Å². The maximum atomic E-state index is 13.7. The van der Waals surface area contributed by atoms with E-state index in [0.29, 0.717) is 22.6 Å². The zero-order valence-electron chi connectivity index (χ0n) is 12.5. The van der Waals surface area contributed by atoms with Crippen molar-refractivity contribution in [2.45, 2.75) is 19.2 Å². The molecule has 112 valence electrons. The minimum atomic E-state index is -0.372. The summed E-state index contributed by atoms with van der Waals surface area (Å²) in [5.41, 5.74) is 2.92. The Kier molecular flexibility index (Phi) is 4.73. The summed E-state index contributed by atoms with van der Waals surface area (Å²) in [5.74, 6) is 1.09. The summed E-state index contributed by atoms with van der Waals surface area (Å²) in [5, 5.41) is -0.372. The van der Waals surface area contributed by atoms with Crippen LogP contribution in [0.5, 0.6) is 11.5 Å². The first-order valence-electron chi connectivity index (χ1n) is 6.60. The van der Waals surface area contributed by atoms with Crippen molar-refractivity contribution in [3.05, 3.63) is 58.4 Å². The molecule has 0 aliphatic heterocycles. The monoisotopic (exact) mass is 308 g/mol. The molecule has 1 unspecified atom stereocenters. The van der Waals surface area contributed by atoms with Crippen LogP contribution in [0.15, 0.2) is 30.3 Å². The Labute approximate surface area is 129 Å².